The quantitative estimate of drug-likeness (QED) is 0.147. The van der Waals surface area contributed by atoms with Gasteiger partial charge in [0.1, 0.15) is 33.1 Å². The Labute approximate surface area is 243 Å². The molecule has 1 aromatic heterocycles. The van der Waals surface area contributed by atoms with Crippen LogP contribution in [0.5, 0.6) is 11.5 Å². The van der Waals surface area contributed by atoms with Crippen molar-refractivity contribution in [1.82, 2.24) is 9.88 Å². The Morgan fingerprint density at radius 2 is 1.85 bits per heavy atom. The summed E-state index contributed by atoms with van der Waals surface area (Å²) in [4.78, 5) is 7.83. The summed E-state index contributed by atoms with van der Waals surface area (Å²) in [6, 6.07) is 11.0. The standard InChI is InChI=1S/C29H34ClF3N4O2S/c1-29(2,3)35(4)19-12-13-36(17-19)22-15-21(31)28(27(33)26(22)30)40-37(25-9-7-8-24(32)34-25)16-18-10-11-20(38-5)14-23(18)39-6/h7-11,14-15,19H,12-13,16-17H2,1-6H3. The summed E-state index contributed by atoms with van der Waals surface area (Å²) >= 11 is 7.28. The molecule has 0 bridgehead atoms. The molecule has 3 aromatic rings. The fraction of sp³-hybridized carbons (Fsp3) is 0.414. The van der Waals surface area contributed by atoms with Crippen LogP contribution in [0.15, 0.2) is 47.4 Å². The molecule has 11 heteroatoms. The molecular weight excluding hydrogens is 561 g/mol. The molecule has 2 heterocycles. The van der Waals surface area contributed by atoms with Gasteiger partial charge < -0.3 is 14.4 Å². The van der Waals surface area contributed by atoms with Crippen LogP contribution in [0.2, 0.25) is 5.02 Å². The molecule has 1 atom stereocenters. The molecule has 0 amide bonds. The third-order valence-electron chi connectivity index (χ3n) is 7.17. The highest BCUT2D eigenvalue weighted by atomic mass is 35.5. The van der Waals surface area contributed by atoms with E-state index in [4.69, 9.17) is 21.1 Å². The summed E-state index contributed by atoms with van der Waals surface area (Å²) in [5, 5.41) is -0.155. The number of hydrogen-bond acceptors (Lipinski definition) is 7. The molecule has 2 aromatic carbocycles. The summed E-state index contributed by atoms with van der Waals surface area (Å²) in [5.41, 5.74) is 0.956. The lowest BCUT2D eigenvalue weighted by Crippen LogP contribution is -2.46. The maximum absolute atomic E-state index is 15.8. The van der Waals surface area contributed by atoms with Crippen molar-refractivity contribution >= 4 is 35.1 Å². The van der Waals surface area contributed by atoms with Gasteiger partial charge in [0.25, 0.3) is 0 Å². The highest BCUT2D eigenvalue weighted by molar-refractivity contribution is 8.00. The number of anilines is 2. The maximum atomic E-state index is 15.8. The highest BCUT2D eigenvalue weighted by Crippen LogP contribution is 2.42. The van der Waals surface area contributed by atoms with Gasteiger partial charge in [-0.3, -0.25) is 9.21 Å². The van der Waals surface area contributed by atoms with Gasteiger partial charge >= 0.3 is 0 Å². The van der Waals surface area contributed by atoms with Crippen LogP contribution in [0, 0.1) is 17.6 Å². The van der Waals surface area contributed by atoms with Gasteiger partial charge in [-0.2, -0.15) is 4.39 Å². The first-order valence-corrected chi connectivity index (χ1v) is 14.0. The Kier molecular flexibility index (Phi) is 9.32. The zero-order valence-electron chi connectivity index (χ0n) is 23.5. The summed E-state index contributed by atoms with van der Waals surface area (Å²) < 4.78 is 57.7. The van der Waals surface area contributed by atoms with Crippen molar-refractivity contribution in [1.29, 1.82) is 0 Å². The third kappa shape index (κ3) is 6.56. The Morgan fingerprint density at radius 1 is 1.10 bits per heavy atom. The van der Waals surface area contributed by atoms with Crippen LogP contribution in [0.4, 0.5) is 24.7 Å². The van der Waals surface area contributed by atoms with Crippen LogP contribution in [0.1, 0.15) is 32.8 Å². The van der Waals surface area contributed by atoms with Crippen LogP contribution < -0.4 is 18.7 Å². The molecule has 216 valence electrons. The molecule has 0 spiro atoms. The van der Waals surface area contributed by atoms with Crippen LogP contribution in [-0.4, -0.2) is 55.8 Å². The molecule has 1 unspecified atom stereocenters. The molecule has 6 nitrogen and oxygen atoms in total. The van der Waals surface area contributed by atoms with E-state index in [0.29, 0.717) is 35.8 Å². The summed E-state index contributed by atoms with van der Waals surface area (Å²) in [5.74, 6) is -1.10. The second-order valence-electron chi connectivity index (χ2n) is 10.6. The molecule has 0 aliphatic carbocycles. The molecule has 0 radical (unpaired) electrons. The molecule has 1 fully saturated rings. The molecule has 4 rings (SSSR count). The zero-order chi connectivity index (χ0) is 29.2. The van der Waals surface area contributed by atoms with Crippen LogP contribution in [0.25, 0.3) is 0 Å². The predicted molar refractivity (Wildman–Crippen MR) is 155 cm³/mol. The Bertz CT molecular complexity index is 1360. The van der Waals surface area contributed by atoms with E-state index in [1.54, 1.807) is 24.3 Å². The van der Waals surface area contributed by atoms with E-state index in [-0.39, 0.29) is 33.9 Å². The van der Waals surface area contributed by atoms with Crippen molar-refractivity contribution in [3.63, 3.8) is 0 Å². The van der Waals surface area contributed by atoms with E-state index >= 15 is 8.78 Å². The minimum atomic E-state index is -0.877. The maximum Gasteiger partial charge on any atom is 0.214 e. The van der Waals surface area contributed by atoms with Crippen molar-refractivity contribution in [2.75, 3.05) is 43.6 Å². The number of ether oxygens (including phenoxy) is 2. The molecule has 1 aliphatic rings. The summed E-state index contributed by atoms with van der Waals surface area (Å²) in [7, 11) is 5.11. The van der Waals surface area contributed by atoms with Crippen molar-refractivity contribution in [3.05, 3.63) is 70.6 Å². The first kappa shape index (κ1) is 30.1. The first-order chi connectivity index (χ1) is 18.9. The third-order valence-corrected chi connectivity index (χ3v) is 8.63. The number of halogens is 4. The summed E-state index contributed by atoms with van der Waals surface area (Å²) in [6.07, 6.45) is 0.854. The number of benzene rings is 2. The number of pyridine rings is 1. The van der Waals surface area contributed by atoms with Gasteiger partial charge in [-0.15, -0.1) is 0 Å². The van der Waals surface area contributed by atoms with Crippen molar-refractivity contribution < 1.29 is 22.6 Å². The summed E-state index contributed by atoms with van der Waals surface area (Å²) in [6.45, 7) is 7.74. The van der Waals surface area contributed by atoms with Gasteiger partial charge in [-0.25, -0.2) is 13.8 Å². The number of likely N-dealkylation sites (N-methyl/N-ethyl adjacent to an activating group) is 1. The SMILES string of the molecule is COc1ccc(CN(Sc2c(F)cc(N3CCC(N(C)C(C)(C)C)C3)c(Cl)c2F)c2cccc(F)n2)c(OC)c1. The lowest BCUT2D eigenvalue weighted by atomic mass is 10.0. The lowest BCUT2D eigenvalue weighted by molar-refractivity contribution is 0.127. The molecule has 1 saturated heterocycles. The lowest BCUT2D eigenvalue weighted by Gasteiger charge is -2.37. The smallest absolute Gasteiger partial charge is 0.214 e. The second kappa shape index (κ2) is 12.4. The van der Waals surface area contributed by atoms with Crippen LogP contribution in [0.3, 0.4) is 0 Å². The highest BCUT2D eigenvalue weighted by Gasteiger charge is 2.33. The van der Waals surface area contributed by atoms with Crippen molar-refractivity contribution in [2.24, 2.45) is 0 Å². The minimum Gasteiger partial charge on any atom is -0.497 e. The molecular formula is C29H34ClF3N4O2S. The largest absolute Gasteiger partial charge is 0.497 e. The Balaban J connectivity index is 1.66. The predicted octanol–water partition coefficient (Wildman–Crippen LogP) is 7.19. The van der Waals surface area contributed by atoms with E-state index in [2.05, 4.69) is 37.7 Å². The number of nitrogens with zero attached hydrogens (tertiary/aromatic N) is 4. The van der Waals surface area contributed by atoms with Gasteiger partial charge in [0, 0.05) is 42.4 Å². The van der Waals surface area contributed by atoms with Gasteiger partial charge in [0.05, 0.1) is 26.5 Å². The van der Waals surface area contributed by atoms with Crippen LogP contribution in [-0.2, 0) is 6.54 Å². The fourth-order valence-corrected chi connectivity index (χ4v) is 5.92. The molecule has 40 heavy (non-hydrogen) atoms. The van der Waals surface area contributed by atoms with Crippen molar-refractivity contribution in [2.45, 2.75) is 50.2 Å². The zero-order valence-corrected chi connectivity index (χ0v) is 25.0. The first-order valence-electron chi connectivity index (χ1n) is 12.9. The van der Waals surface area contributed by atoms with Gasteiger partial charge in [0.2, 0.25) is 5.95 Å². The minimum absolute atomic E-state index is 0.0392. The average molecular weight is 595 g/mol. The normalized spacial score (nSPS) is 15.6. The Morgan fingerprint density at radius 3 is 2.50 bits per heavy atom. The van der Waals surface area contributed by atoms with E-state index in [1.165, 1.54) is 36.7 Å². The Hall–Kier alpha value is -2.82. The molecule has 0 N–H and O–H groups in total. The fourth-order valence-electron chi connectivity index (χ4n) is 4.65. The average Bonchev–Trinajstić information content (AvgIpc) is 3.41. The van der Waals surface area contributed by atoms with Gasteiger partial charge in [-0.05, 0) is 70.5 Å². The number of methoxy groups -OCH3 is 2. The van der Waals surface area contributed by atoms with Crippen LogP contribution >= 0.6 is 23.5 Å². The van der Waals surface area contributed by atoms with E-state index in [9.17, 15) is 4.39 Å². The van der Waals surface area contributed by atoms with Crippen molar-refractivity contribution in [3.8, 4) is 11.5 Å². The van der Waals surface area contributed by atoms with Gasteiger partial charge in [0.15, 0.2) is 5.82 Å². The number of rotatable bonds is 9. The number of hydrogen-bond donors (Lipinski definition) is 0. The van der Waals surface area contributed by atoms with E-state index in [0.717, 1.165) is 18.4 Å². The van der Waals surface area contributed by atoms with Gasteiger partial charge in [-0.1, -0.05) is 17.7 Å². The molecule has 1 aliphatic heterocycles. The number of aromatic nitrogens is 1. The second-order valence-corrected chi connectivity index (χ2v) is 12.0. The topological polar surface area (TPSA) is 41.1 Å². The van der Waals surface area contributed by atoms with E-state index < -0.39 is 17.6 Å². The molecule has 0 saturated carbocycles. The van der Waals surface area contributed by atoms with E-state index in [1.807, 2.05) is 4.90 Å². The monoisotopic (exact) mass is 594 g/mol.